The van der Waals surface area contributed by atoms with Crippen molar-refractivity contribution in [3.05, 3.63) is 41.0 Å². The highest BCUT2D eigenvalue weighted by Gasteiger charge is 2.09. The molecule has 0 bridgehead atoms. The zero-order chi connectivity index (χ0) is 9.97. The monoisotopic (exact) mass is 187 g/mol. The van der Waals surface area contributed by atoms with Crippen molar-refractivity contribution in [1.29, 1.82) is 0 Å². The van der Waals surface area contributed by atoms with Gasteiger partial charge in [0.05, 0.1) is 0 Å². The SMILES string of the molecule is Cc1ccc(CN)cc1C1=CCCC1. The second-order valence-corrected chi connectivity index (χ2v) is 3.97. The Kier molecular flexibility index (Phi) is 2.69. The molecule has 2 N–H and O–H groups in total. The Morgan fingerprint density at radius 2 is 2.21 bits per heavy atom. The van der Waals surface area contributed by atoms with Gasteiger partial charge in [0.15, 0.2) is 0 Å². The van der Waals surface area contributed by atoms with E-state index in [2.05, 4.69) is 31.2 Å². The summed E-state index contributed by atoms with van der Waals surface area (Å²) in [5.41, 5.74) is 11.2. The first kappa shape index (κ1) is 9.47. The summed E-state index contributed by atoms with van der Waals surface area (Å²) < 4.78 is 0. The summed E-state index contributed by atoms with van der Waals surface area (Å²) >= 11 is 0. The maximum absolute atomic E-state index is 5.65. The quantitative estimate of drug-likeness (QED) is 0.756. The molecule has 1 heteroatoms. The molecule has 74 valence electrons. The van der Waals surface area contributed by atoms with Crippen LogP contribution in [0, 0.1) is 6.92 Å². The van der Waals surface area contributed by atoms with Crippen molar-refractivity contribution >= 4 is 5.57 Å². The van der Waals surface area contributed by atoms with Crippen molar-refractivity contribution < 1.29 is 0 Å². The average molecular weight is 187 g/mol. The zero-order valence-electron chi connectivity index (χ0n) is 8.72. The van der Waals surface area contributed by atoms with Crippen LogP contribution in [0.3, 0.4) is 0 Å². The second-order valence-electron chi connectivity index (χ2n) is 3.97. The summed E-state index contributed by atoms with van der Waals surface area (Å²) in [4.78, 5) is 0. The van der Waals surface area contributed by atoms with Crippen molar-refractivity contribution in [3.63, 3.8) is 0 Å². The standard InChI is InChI=1S/C13H17N/c1-10-6-7-11(9-14)8-13(10)12-4-2-3-5-12/h4,6-8H,2-3,5,9,14H2,1H3. The third-order valence-electron chi connectivity index (χ3n) is 2.92. The molecule has 0 fully saturated rings. The lowest BCUT2D eigenvalue weighted by atomic mass is 9.98. The molecule has 0 spiro atoms. The molecule has 14 heavy (non-hydrogen) atoms. The molecule has 1 nitrogen and oxygen atoms in total. The van der Waals surface area contributed by atoms with Crippen molar-refractivity contribution in [2.24, 2.45) is 5.73 Å². The van der Waals surface area contributed by atoms with Gasteiger partial charge in [0.1, 0.15) is 0 Å². The van der Waals surface area contributed by atoms with Crippen LogP contribution < -0.4 is 5.73 Å². The van der Waals surface area contributed by atoms with Crippen molar-refractivity contribution in [3.8, 4) is 0 Å². The van der Waals surface area contributed by atoms with Gasteiger partial charge in [-0.1, -0.05) is 18.2 Å². The topological polar surface area (TPSA) is 26.0 Å². The Bertz CT molecular complexity index is 363. The van der Waals surface area contributed by atoms with Gasteiger partial charge in [0.2, 0.25) is 0 Å². The van der Waals surface area contributed by atoms with Crippen LogP contribution in [0.25, 0.3) is 5.57 Å². The lowest BCUT2D eigenvalue weighted by Crippen LogP contribution is -1.98. The zero-order valence-corrected chi connectivity index (χ0v) is 8.72. The van der Waals surface area contributed by atoms with Gasteiger partial charge in [-0.3, -0.25) is 0 Å². The smallest absolute Gasteiger partial charge is 0.0178 e. The number of rotatable bonds is 2. The number of allylic oxidation sites excluding steroid dienone is 2. The summed E-state index contributed by atoms with van der Waals surface area (Å²) in [6.07, 6.45) is 6.14. The van der Waals surface area contributed by atoms with E-state index in [1.165, 1.54) is 41.5 Å². The minimum Gasteiger partial charge on any atom is -0.326 e. The number of aryl methyl sites for hydroxylation is 1. The maximum atomic E-state index is 5.65. The van der Waals surface area contributed by atoms with Crippen LogP contribution in [-0.4, -0.2) is 0 Å². The molecule has 0 radical (unpaired) electrons. The Balaban J connectivity index is 2.40. The Morgan fingerprint density at radius 3 is 2.86 bits per heavy atom. The van der Waals surface area contributed by atoms with E-state index in [1.807, 2.05) is 0 Å². The van der Waals surface area contributed by atoms with Gasteiger partial charge in [-0.2, -0.15) is 0 Å². The Morgan fingerprint density at radius 1 is 1.36 bits per heavy atom. The normalized spacial score (nSPS) is 15.7. The van der Waals surface area contributed by atoms with E-state index in [1.54, 1.807) is 0 Å². The van der Waals surface area contributed by atoms with Gasteiger partial charge in [-0.15, -0.1) is 0 Å². The van der Waals surface area contributed by atoms with Crippen LogP contribution in [0.2, 0.25) is 0 Å². The molecular weight excluding hydrogens is 170 g/mol. The third kappa shape index (κ3) is 1.73. The van der Waals surface area contributed by atoms with E-state index >= 15 is 0 Å². The highest BCUT2D eigenvalue weighted by Crippen LogP contribution is 2.30. The molecule has 2 rings (SSSR count). The highest BCUT2D eigenvalue weighted by molar-refractivity contribution is 5.70. The third-order valence-corrected chi connectivity index (χ3v) is 2.92. The minimum atomic E-state index is 0.639. The number of nitrogens with two attached hydrogens (primary N) is 1. The van der Waals surface area contributed by atoms with Crippen LogP contribution in [0.1, 0.15) is 36.0 Å². The van der Waals surface area contributed by atoms with Gasteiger partial charge in [-0.05, 0) is 54.5 Å². The second kappa shape index (κ2) is 3.97. The summed E-state index contributed by atoms with van der Waals surface area (Å²) in [6.45, 7) is 2.81. The first-order chi connectivity index (χ1) is 6.81. The molecule has 0 aliphatic heterocycles. The molecule has 0 aromatic heterocycles. The fourth-order valence-electron chi connectivity index (χ4n) is 2.06. The summed E-state index contributed by atoms with van der Waals surface area (Å²) in [5.74, 6) is 0. The Hall–Kier alpha value is -1.08. The van der Waals surface area contributed by atoms with Gasteiger partial charge < -0.3 is 5.73 Å². The van der Waals surface area contributed by atoms with Crippen LogP contribution in [0.4, 0.5) is 0 Å². The summed E-state index contributed by atoms with van der Waals surface area (Å²) in [7, 11) is 0. The molecule has 0 atom stereocenters. The largest absolute Gasteiger partial charge is 0.326 e. The molecule has 0 saturated heterocycles. The van der Waals surface area contributed by atoms with E-state index in [0.29, 0.717) is 6.54 Å². The Labute approximate surface area is 85.6 Å². The lowest BCUT2D eigenvalue weighted by Gasteiger charge is -2.08. The van der Waals surface area contributed by atoms with Crippen molar-refractivity contribution in [2.75, 3.05) is 0 Å². The van der Waals surface area contributed by atoms with E-state index in [4.69, 9.17) is 5.73 Å². The number of hydrogen-bond acceptors (Lipinski definition) is 1. The molecular formula is C13H17N. The number of benzene rings is 1. The molecule has 0 saturated carbocycles. The minimum absolute atomic E-state index is 0.639. The van der Waals surface area contributed by atoms with Crippen molar-refractivity contribution in [2.45, 2.75) is 32.7 Å². The first-order valence-electron chi connectivity index (χ1n) is 5.30. The summed E-state index contributed by atoms with van der Waals surface area (Å²) in [5, 5.41) is 0. The highest BCUT2D eigenvalue weighted by atomic mass is 14.5. The van der Waals surface area contributed by atoms with Gasteiger partial charge >= 0.3 is 0 Å². The van der Waals surface area contributed by atoms with E-state index < -0.39 is 0 Å². The fraction of sp³-hybridized carbons (Fsp3) is 0.385. The molecule has 1 aliphatic rings. The van der Waals surface area contributed by atoms with Gasteiger partial charge in [-0.25, -0.2) is 0 Å². The first-order valence-corrected chi connectivity index (χ1v) is 5.30. The number of hydrogen-bond donors (Lipinski definition) is 1. The lowest BCUT2D eigenvalue weighted by molar-refractivity contribution is 0.934. The average Bonchev–Trinajstić information content (AvgIpc) is 2.71. The molecule has 0 unspecified atom stereocenters. The van der Waals surface area contributed by atoms with E-state index in [0.717, 1.165) is 0 Å². The predicted molar refractivity (Wildman–Crippen MR) is 60.9 cm³/mol. The molecule has 0 amide bonds. The van der Waals surface area contributed by atoms with Crippen molar-refractivity contribution in [1.82, 2.24) is 0 Å². The summed E-state index contributed by atoms with van der Waals surface area (Å²) in [6, 6.07) is 6.54. The van der Waals surface area contributed by atoms with Gasteiger partial charge in [0.25, 0.3) is 0 Å². The van der Waals surface area contributed by atoms with E-state index in [9.17, 15) is 0 Å². The molecule has 1 aliphatic carbocycles. The van der Waals surface area contributed by atoms with Crippen LogP contribution in [-0.2, 0) is 6.54 Å². The predicted octanol–water partition coefficient (Wildman–Crippen LogP) is 3.02. The van der Waals surface area contributed by atoms with Crippen LogP contribution in [0.15, 0.2) is 24.3 Å². The van der Waals surface area contributed by atoms with Gasteiger partial charge in [0, 0.05) is 6.54 Å². The maximum Gasteiger partial charge on any atom is 0.0178 e. The molecule has 1 aromatic rings. The molecule has 1 aromatic carbocycles. The van der Waals surface area contributed by atoms with E-state index in [-0.39, 0.29) is 0 Å². The fourth-order valence-corrected chi connectivity index (χ4v) is 2.06. The van der Waals surface area contributed by atoms with Crippen LogP contribution in [0.5, 0.6) is 0 Å². The van der Waals surface area contributed by atoms with Crippen LogP contribution >= 0.6 is 0 Å². The molecule has 0 heterocycles.